The van der Waals surface area contributed by atoms with Gasteiger partial charge in [0.25, 0.3) is 0 Å². The lowest BCUT2D eigenvalue weighted by Gasteiger charge is -2.19. The van der Waals surface area contributed by atoms with E-state index in [1.807, 2.05) is 6.07 Å². The largest absolute Gasteiger partial charge is 0.309 e. The Morgan fingerprint density at radius 2 is 0.873 bits per heavy atom. The maximum Gasteiger partial charge on any atom is 0.160 e. The third kappa shape index (κ3) is 5.05. The van der Waals surface area contributed by atoms with Crippen molar-refractivity contribution in [2.75, 3.05) is 0 Å². The Morgan fingerprint density at radius 3 is 1.58 bits per heavy atom. The Kier molecular flexibility index (Phi) is 7.17. The second-order valence-electron chi connectivity index (χ2n) is 14.1. The molecule has 2 aromatic heterocycles. The lowest BCUT2D eigenvalue weighted by atomic mass is 9.85. The first-order chi connectivity index (χ1) is 27.3. The number of rotatable bonds is 5. The van der Waals surface area contributed by atoms with Crippen LogP contribution in [-0.4, -0.2) is 14.5 Å². The molecular weight excluding hydrogens is 667 g/mol. The highest BCUT2D eigenvalue weighted by Gasteiger charge is 2.21. The minimum Gasteiger partial charge on any atom is -0.309 e. The normalized spacial score (nSPS) is 11.6. The molecule has 0 unspecified atom stereocenters. The molecule has 0 atom stereocenters. The van der Waals surface area contributed by atoms with Gasteiger partial charge in [-0.15, -0.1) is 0 Å². The zero-order valence-corrected chi connectivity index (χ0v) is 29.9. The standard InChI is InChI=1S/C52H33N3/c1-3-17-35(18-4-1)49-42-26-9-10-27-43(42)51(50-39-23-8-7-16-34(39)30-31-44(49)50)46-33-45(53-52(54-46)36-19-5-2-6-20-36)37-21-15-22-38(32-37)55-47-28-13-11-24-40(47)41-25-12-14-29-48(41)55/h1-33H. The average molecular weight is 700 g/mol. The molecule has 0 fully saturated rings. The summed E-state index contributed by atoms with van der Waals surface area (Å²) >= 11 is 0. The van der Waals surface area contributed by atoms with Gasteiger partial charge >= 0.3 is 0 Å². The Labute approximate surface area is 318 Å². The second-order valence-corrected chi connectivity index (χ2v) is 14.1. The number of aromatic nitrogens is 3. The molecule has 55 heavy (non-hydrogen) atoms. The highest BCUT2D eigenvalue weighted by atomic mass is 15.0. The SMILES string of the molecule is c1ccc(-c2nc(-c3cccc(-n4c5ccccc5c5ccccc54)c3)cc(-c3c4ccccc4c(-c4ccccc4)c4ccc5ccccc5c34)n2)cc1. The molecule has 11 aromatic rings. The van der Waals surface area contributed by atoms with Crippen LogP contribution in [0.1, 0.15) is 0 Å². The molecule has 0 spiro atoms. The predicted octanol–water partition coefficient (Wildman–Crippen LogP) is 13.7. The molecule has 256 valence electrons. The quantitative estimate of drug-likeness (QED) is 0.132. The topological polar surface area (TPSA) is 30.7 Å². The fourth-order valence-corrected chi connectivity index (χ4v) is 8.57. The lowest BCUT2D eigenvalue weighted by Crippen LogP contribution is -1.99. The molecule has 3 nitrogen and oxygen atoms in total. The fraction of sp³-hybridized carbons (Fsp3) is 0. The number of nitrogens with zero attached hydrogens (tertiary/aromatic N) is 3. The summed E-state index contributed by atoms with van der Waals surface area (Å²) in [5, 5.41) is 9.63. The Bertz CT molecular complexity index is 3200. The van der Waals surface area contributed by atoms with Crippen LogP contribution in [0.15, 0.2) is 200 Å². The summed E-state index contributed by atoms with van der Waals surface area (Å²) in [6, 6.07) is 71.5. The molecule has 0 aliphatic carbocycles. The molecule has 2 heterocycles. The number of fused-ring (bicyclic) bond motifs is 7. The van der Waals surface area contributed by atoms with Crippen molar-refractivity contribution in [1.29, 1.82) is 0 Å². The van der Waals surface area contributed by atoms with E-state index in [2.05, 4.69) is 199 Å². The molecule has 9 aromatic carbocycles. The smallest absolute Gasteiger partial charge is 0.160 e. The van der Waals surface area contributed by atoms with Crippen LogP contribution in [0.4, 0.5) is 0 Å². The minimum atomic E-state index is 0.694. The molecule has 0 aliphatic rings. The van der Waals surface area contributed by atoms with Crippen molar-refractivity contribution >= 4 is 54.1 Å². The third-order valence-corrected chi connectivity index (χ3v) is 11.0. The van der Waals surface area contributed by atoms with E-state index < -0.39 is 0 Å². The van der Waals surface area contributed by atoms with Crippen molar-refractivity contribution in [2.45, 2.75) is 0 Å². The van der Waals surface area contributed by atoms with E-state index >= 15 is 0 Å². The summed E-state index contributed by atoms with van der Waals surface area (Å²) in [5.41, 5.74) is 10.8. The summed E-state index contributed by atoms with van der Waals surface area (Å²) < 4.78 is 2.36. The summed E-state index contributed by atoms with van der Waals surface area (Å²) in [7, 11) is 0. The van der Waals surface area contributed by atoms with Gasteiger partial charge in [-0.25, -0.2) is 9.97 Å². The Morgan fingerprint density at radius 1 is 0.327 bits per heavy atom. The minimum absolute atomic E-state index is 0.694. The Hall–Kier alpha value is -7.36. The van der Waals surface area contributed by atoms with Crippen molar-refractivity contribution < 1.29 is 0 Å². The van der Waals surface area contributed by atoms with E-state index in [-0.39, 0.29) is 0 Å². The van der Waals surface area contributed by atoms with Crippen LogP contribution < -0.4 is 0 Å². The number of para-hydroxylation sites is 2. The summed E-state index contributed by atoms with van der Waals surface area (Å²) in [6.07, 6.45) is 0. The van der Waals surface area contributed by atoms with Crippen LogP contribution in [0.3, 0.4) is 0 Å². The fourth-order valence-electron chi connectivity index (χ4n) is 8.57. The highest BCUT2D eigenvalue weighted by Crippen LogP contribution is 2.46. The zero-order chi connectivity index (χ0) is 36.3. The van der Waals surface area contributed by atoms with Gasteiger partial charge in [-0.3, -0.25) is 0 Å². The van der Waals surface area contributed by atoms with Crippen molar-refractivity contribution in [3.8, 4) is 50.7 Å². The van der Waals surface area contributed by atoms with E-state index in [1.165, 1.54) is 59.9 Å². The molecular formula is C52H33N3. The van der Waals surface area contributed by atoms with Gasteiger partial charge in [0.1, 0.15) is 0 Å². The van der Waals surface area contributed by atoms with Crippen molar-refractivity contribution in [2.24, 2.45) is 0 Å². The van der Waals surface area contributed by atoms with Crippen molar-refractivity contribution in [3.63, 3.8) is 0 Å². The van der Waals surface area contributed by atoms with Gasteiger partial charge in [-0.1, -0.05) is 170 Å². The summed E-state index contributed by atoms with van der Waals surface area (Å²) in [4.78, 5) is 10.8. The van der Waals surface area contributed by atoms with E-state index in [0.717, 1.165) is 39.2 Å². The third-order valence-electron chi connectivity index (χ3n) is 11.0. The molecule has 0 aliphatic heterocycles. The predicted molar refractivity (Wildman–Crippen MR) is 231 cm³/mol. The molecule has 3 heteroatoms. The van der Waals surface area contributed by atoms with Gasteiger partial charge in [0, 0.05) is 38.5 Å². The monoisotopic (exact) mass is 699 g/mol. The molecule has 0 saturated carbocycles. The number of hydrogen-bond donors (Lipinski definition) is 0. The Balaban J connectivity index is 1.22. The second kappa shape index (κ2) is 12.6. The lowest BCUT2D eigenvalue weighted by molar-refractivity contribution is 1.17. The van der Waals surface area contributed by atoms with Crippen molar-refractivity contribution in [1.82, 2.24) is 14.5 Å². The van der Waals surface area contributed by atoms with Gasteiger partial charge in [-0.2, -0.15) is 0 Å². The van der Waals surface area contributed by atoms with Crippen LogP contribution in [-0.2, 0) is 0 Å². The molecule has 0 bridgehead atoms. The number of hydrogen-bond acceptors (Lipinski definition) is 2. The van der Waals surface area contributed by atoms with Gasteiger partial charge < -0.3 is 4.57 Å². The van der Waals surface area contributed by atoms with Crippen LogP contribution in [0.25, 0.3) is 105 Å². The van der Waals surface area contributed by atoms with Gasteiger partial charge in [0.2, 0.25) is 0 Å². The van der Waals surface area contributed by atoms with E-state index in [9.17, 15) is 0 Å². The van der Waals surface area contributed by atoms with Crippen molar-refractivity contribution in [3.05, 3.63) is 200 Å². The maximum atomic E-state index is 5.45. The van der Waals surface area contributed by atoms with Gasteiger partial charge in [0.15, 0.2) is 5.82 Å². The van der Waals surface area contributed by atoms with E-state index in [0.29, 0.717) is 5.82 Å². The van der Waals surface area contributed by atoms with Crippen LogP contribution in [0, 0.1) is 0 Å². The highest BCUT2D eigenvalue weighted by molar-refractivity contribution is 6.27. The van der Waals surface area contributed by atoms with Gasteiger partial charge in [0.05, 0.1) is 22.4 Å². The van der Waals surface area contributed by atoms with Crippen LogP contribution in [0.5, 0.6) is 0 Å². The summed E-state index contributed by atoms with van der Waals surface area (Å²) in [5.74, 6) is 0.694. The molecule has 11 rings (SSSR count). The first-order valence-electron chi connectivity index (χ1n) is 18.8. The zero-order valence-electron chi connectivity index (χ0n) is 29.9. The van der Waals surface area contributed by atoms with Gasteiger partial charge in [-0.05, 0) is 68.4 Å². The number of benzene rings is 9. The first-order valence-corrected chi connectivity index (χ1v) is 18.8. The molecule has 0 radical (unpaired) electrons. The summed E-state index contributed by atoms with van der Waals surface area (Å²) in [6.45, 7) is 0. The molecule has 0 saturated heterocycles. The average Bonchev–Trinajstić information content (AvgIpc) is 3.60. The van der Waals surface area contributed by atoms with E-state index in [1.54, 1.807) is 0 Å². The van der Waals surface area contributed by atoms with Crippen LogP contribution >= 0.6 is 0 Å². The first kappa shape index (κ1) is 31.2. The maximum absolute atomic E-state index is 5.45. The molecule has 0 N–H and O–H groups in total. The van der Waals surface area contributed by atoms with E-state index in [4.69, 9.17) is 9.97 Å². The van der Waals surface area contributed by atoms with Crippen LogP contribution in [0.2, 0.25) is 0 Å². The molecule has 0 amide bonds.